The third kappa shape index (κ3) is 3.52. The largest absolute Gasteiger partial charge is 0.493 e. The Bertz CT molecular complexity index is 1200. The number of halogens is 1. The Kier molecular flexibility index (Phi) is 5.09. The number of hydrogen-bond acceptors (Lipinski definition) is 8. The molecule has 3 aliphatic rings. The zero-order valence-electron chi connectivity index (χ0n) is 17.3. The van der Waals surface area contributed by atoms with Gasteiger partial charge in [0, 0.05) is 28.8 Å². The summed E-state index contributed by atoms with van der Waals surface area (Å²) in [5.41, 5.74) is 0.144. The van der Waals surface area contributed by atoms with Crippen LogP contribution in [0.4, 0.5) is 5.69 Å². The van der Waals surface area contributed by atoms with E-state index in [9.17, 15) is 19.7 Å². The van der Waals surface area contributed by atoms with Crippen molar-refractivity contribution < 1.29 is 24.0 Å². The number of amides is 2. The van der Waals surface area contributed by atoms with Crippen LogP contribution in [0.5, 0.6) is 17.4 Å². The zero-order valence-corrected chi connectivity index (χ0v) is 18.0. The van der Waals surface area contributed by atoms with Crippen molar-refractivity contribution in [2.45, 2.75) is 6.42 Å². The maximum absolute atomic E-state index is 12.9. The van der Waals surface area contributed by atoms with Gasteiger partial charge in [-0.15, -0.1) is 0 Å². The highest BCUT2D eigenvalue weighted by molar-refractivity contribution is 6.31. The average molecular weight is 469 g/mol. The van der Waals surface area contributed by atoms with Crippen molar-refractivity contribution in [3.63, 3.8) is 0 Å². The van der Waals surface area contributed by atoms with Gasteiger partial charge in [-0.05, 0) is 24.3 Å². The normalized spacial score (nSPS) is 25.2. The summed E-state index contributed by atoms with van der Waals surface area (Å²) in [5, 5.41) is 16.3. The van der Waals surface area contributed by atoms with Gasteiger partial charge in [-0.25, -0.2) is 4.98 Å². The second-order valence-corrected chi connectivity index (χ2v) is 8.41. The van der Waals surface area contributed by atoms with Gasteiger partial charge in [0.25, 0.3) is 17.5 Å². The Hall–Kier alpha value is -3.79. The minimum absolute atomic E-state index is 0.0707. The lowest BCUT2D eigenvalue weighted by atomic mass is 9.85. The van der Waals surface area contributed by atoms with Gasteiger partial charge < -0.3 is 9.47 Å². The molecule has 2 aliphatic carbocycles. The number of pyridine rings is 1. The number of fused-ring (bicyclic) bond motifs is 5. The smallest absolute Gasteiger partial charge is 0.287 e. The zero-order chi connectivity index (χ0) is 23.3. The van der Waals surface area contributed by atoms with Gasteiger partial charge in [-0.2, -0.15) is 10.1 Å². The van der Waals surface area contributed by atoms with E-state index in [1.165, 1.54) is 37.6 Å². The fourth-order valence-corrected chi connectivity index (χ4v) is 4.93. The van der Waals surface area contributed by atoms with Gasteiger partial charge >= 0.3 is 0 Å². The molecule has 1 aromatic carbocycles. The van der Waals surface area contributed by atoms with E-state index in [1.54, 1.807) is 0 Å². The second-order valence-electron chi connectivity index (χ2n) is 7.97. The molecule has 2 heterocycles. The predicted octanol–water partition coefficient (Wildman–Crippen LogP) is 3.59. The molecule has 0 spiro atoms. The maximum Gasteiger partial charge on any atom is 0.287 e. The molecule has 2 bridgehead atoms. The van der Waals surface area contributed by atoms with Crippen LogP contribution < -0.4 is 9.47 Å². The summed E-state index contributed by atoms with van der Waals surface area (Å²) in [5.74, 6) is -0.697. The van der Waals surface area contributed by atoms with Crippen LogP contribution in [0.1, 0.15) is 12.0 Å². The van der Waals surface area contributed by atoms with E-state index in [1.807, 2.05) is 12.2 Å². The van der Waals surface area contributed by atoms with Crippen LogP contribution in [0.3, 0.4) is 0 Å². The summed E-state index contributed by atoms with van der Waals surface area (Å²) in [6, 6.07) is 5.64. The van der Waals surface area contributed by atoms with Crippen LogP contribution in [-0.4, -0.2) is 40.1 Å². The molecule has 1 saturated carbocycles. The maximum atomic E-state index is 12.9. The summed E-state index contributed by atoms with van der Waals surface area (Å²) in [6.07, 6.45) is 7.22. The first-order chi connectivity index (χ1) is 15.9. The van der Waals surface area contributed by atoms with Crippen molar-refractivity contribution in [3.8, 4) is 17.4 Å². The highest BCUT2D eigenvalue weighted by Crippen LogP contribution is 2.52. The van der Waals surface area contributed by atoms with Crippen molar-refractivity contribution in [3.05, 3.63) is 63.3 Å². The lowest BCUT2D eigenvalue weighted by Gasteiger charge is -2.14. The number of hydrogen-bond donors (Lipinski definition) is 0. The molecule has 5 rings (SSSR count). The molecule has 1 aromatic heterocycles. The molecule has 11 heteroatoms. The third-order valence-corrected chi connectivity index (χ3v) is 6.38. The summed E-state index contributed by atoms with van der Waals surface area (Å²) in [4.78, 5) is 40.0. The first-order valence-electron chi connectivity index (χ1n) is 10.1. The number of benzene rings is 1. The third-order valence-electron chi connectivity index (χ3n) is 6.17. The molecule has 168 valence electrons. The molecule has 2 aromatic rings. The number of methoxy groups -OCH3 is 1. The summed E-state index contributed by atoms with van der Waals surface area (Å²) < 4.78 is 11.2. The Morgan fingerprint density at radius 1 is 1.21 bits per heavy atom. The monoisotopic (exact) mass is 468 g/mol. The predicted molar refractivity (Wildman–Crippen MR) is 116 cm³/mol. The first-order valence-corrected chi connectivity index (χ1v) is 10.5. The fourth-order valence-electron chi connectivity index (χ4n) is 4.71. The van der Waals surface area contributed by atoms with Crippen molar-refractivity contribution >= 4 is 35.3 Å². The standard InChI is InChI=1S/C22H17ClN4O6/c1-32-16-8-14(23)7-13(20(16)33-17-5-4-15(10-24-17)27(30)31)9-25-26-21(28)18-11-2-3-12(6-11)19(18)22(26)29/h2-5,7-12,18-19H,6H2,1H3. The Morgan fingerprint density at radius 2 is 1.91 bits per heavy atom. The van der Waals surface area contributed by atoms with E-state index < -0.39 is 4.92 Å². The quantitative estimate of drug-likeness (QED) is 0.208. The van der Waals surface area contributed by atoms with Crippen LogP contribution in [0, 0.1) is 33.8 Å². The van der Waals surface area contributed by atoms with Crippen molar-refractivity contribution in [2.75, 3.05) is 7.11 Å². The summed E-state index contributed by atoms with van der Waals surface area (Å²) in [7, 11) is 1.42. The SMILES string of the molecule is COc1cc(Cl)cc(C=NN2C(=O)C3C4C=CC(C4)C3C2=O)c1Oc1ccc([N+](=O)[O-])cn1. The number of nitrogens with zero attached hydrogens (tertiary/aromatic N) is 4. The topological polar surface area (TPSA) is 124 Å². The van der Waals surface area contributed by atoms with Crippen LogP contribution in [0.25, 0.3) is 0 Å². The lowest BCUT2D eigenvalue weighted by molar-refractivity contribution is -0.385. The van der Waals surface area contributed by atoms with Gasteiger partial charge in [-0.3, -0.25) is 19.7 Å². The molecule has 1 saturated heterocycles. The number of ether oxygens (including phenoxy) is 2. The lowest BCUT2D eigenvalue weighted by Crippen LogP contribution is -2.28. The average Bonchev–Trinajstić information content (AvgIpc) is 3.48. The summed E-state index contributed by atoms with van der Waals surface area (Å²) in [6.45, 7) is 0. The molecule has 4 atom stereocenters. The van der Waals surface area contributed by atoms with Crippen molar-refractivity contribution in [2.24, 2.45) is 28.8 Å². The van der Waals surface area contributed by atoms with E-state index >= 15 is 0 Å². The van der Waals surface area contributed by atoms with Crippen molar-refractivity contribution in [1.29, 1.82) is 0 Å². The molecule has 1 aliphatic heterocycles. The minimum Gasteiger partial charge on any atom is -0.493 e. The molecule has 0 radical (unpaired) electrons. The number of imide groups is 1. The van der Waals surface area contributed by atoms with Crippen LogP contribution in [0.2, 0.25) is 5.02 Å². The van der Waals surface area contributed by atoms with Crippen LogP contribution in [0.15, 0.2) is 47.7 Å². The highest BCUT2D eigenvalue weighted by Gasteiger charge is 2.59. The van der Waals surface area contributed by atoms with Gasteiger partial charge in [0.1, 0.15) is 6.20 Å². The minimum atomic E-state index is -0.571. The molecule has 10 nitrogen and oxygen atoms in total. The Labute approximate surface area is 192 Å². The Morgan fingerprint density at radius 3 is 2.48 bits per heavy atom. The van der Waals surface area contributed by atoms with E-state index in [0.717, 1.165) is 17.6 Å². The fraction of sp³-hybridized carbons (Fsp3) is 0.273. The molecular weight excluding hydrogens is 452 g/mol. The number of allylic oxidation sites excluding steroid dienone is 2. The summed E-state index contributed by atoms with van der Waals surface area (Å²) >= 11 is 6.19. The Balaban J connectivity index is 1.45. The van der Waals surface area contributed by atoms with E-state index in [0.29, 0.717) is 10.6 Å². The molecule has 33 heavy (non-hydrogen) atoms. The molecule has 0 N–H and O–H groups in total. The highest BCUT2D eigenvalue weighted by atomic mass is 35.5. The van der Waals surface area contributed by atoms with Gasteiger partial charge in [0.15, 0.2) is 11.5 Å². The van der Waals surface area contributed by atoms with Gasteiger partial charge in [-0.1, -0.05) is 23.8 Å². The number of aromatic nitrogens is 1. The van der Waals surface area contributed by atoms with Gasteiger partial charge in [0.2, 0.25) is 5.88 Å². The van der Waals surface area contributed by atoms with Crippen LogP contribution >= 0.6 is 11.6 Å². The molecule has 2 amide bonds. The number of rotatable bonds is 6. The number of nitro groups is 1. The second kappa shape index (κ2) is 7.96. The number of carbonyl (C=O) groups is 2. The van der Waals surface area contributed by atoms with Gasteiger partial charge in [0.05, 0.1) is 30.1 Å². The number of carbonyl (C=O) groups excluding carboxylic acids is 2. The van der Waals surface area contributed by atoms with E-state index in [4.69, 9.17) is 21.1 Å². The van der Waals surface area contributed by atoms with Crippen LogP contribution in [-0.2, 0) is 9.59 Å². The van der Waals surface area contributed by atoms with Crippen molar-refractivity contribution in [1.82, 2.24) is 9.99 Å². The molecular formula is C22H17ClN4O6. The molecule has 4 unspecified atom stereocenters. The molecule has 2 fully saturated rings. The number of hydrazone groups is 1. The van der Waals surface area contributed by atoms with E-state index in [-0.39, 0.29) is 58.6 Å². The van der Waals surface area contributed by atoms with E-state index in [2.05, 4.69) is 10.1 Å². The first kappa shape index (κ1) is 21.1.